The van der Waals surface area contributed by atoms with E-state index < -0.39 is 0 Å². The molecule has 0 aliphatic rings. The van der Waals surface area contributed by atoms with Crippen molar-refractivity contribution in [2.24, 2.45) is 0 Å². The fraction of sp³-hybridized carbons (Fsp3) is 0.786. The Labute approximate surface area is 106 Å². The molecular weight excluding hydrogens is 210 g/mol. The van der Waals surface area contributed by atoms with E-state index in [-0.39, 0.29) is 0 Å². The minimum Gasteiger partial charge on any atom is -0.314 e. The molecule has 0 spiro atoms. The quantitative estimate of drug-likeness (QED) is 0.790. The molecule has 1 unspecified atom stereocenters. The molecule has 0 amide bonds. The van der Waals surface area contributed by atoms with Crippen LogP contribution in [-0.2, 0) is 12.8 Å². The Morgan fingerprint density at radius 3 is 2.47 bits per heavy atom. The number of hydrogen-bond acceptors (Lipinski definition) is 2. The maximum atomic E-state index is 4.69. The standard InChI is InChI=1S/C14H27N3/c1-6-13-10-14(7-2)17(16-13)12(5)8-9-15-11(3)4/h10-12,15H,6-9H2,1-5H3. The van der Waals surface area contributed by atoms with Gasteiger partial charge in [-0.25, -0.2) is 0 Å². The summed E-state index contributed by atoms with van der Waals surface area (Å²) < 4.78 is 2.21. The molecule has 3 nitrogen and oxygen atoms in total. The van der Waals surface area contributed by atoms with Gasteiger partial charge in [0.15, 0.2) is 0 Å². The van der Waals surface area contributed by atoms with E-state index >= 15 is 0 Å². The largest absolute Gasteiger partial charge is 0.314 e. The summed E-state index contributed by atoms with van der Waals surface area (Å²) in [6.45, 7) is 12.1. The lowest BCUT2D eigenvalue weighted by Crippen LogP contribution is -2.26. The summed E-state index contributed by atoms with van der Waals surface area (Å²) in [5.41, 5.74) is 2.57. The normalized spacial score (nSPS) is 13.3. The van der Waals surface area contributed by atoms with Gasteiger partial charge in [-0.15, -0.1) is 0 Å². The maximum Gasteiger partial charge on any atom is 0.0624 e. The van der Waals surface area contributed by atoms with Gasteiger partial charge in [0.2, 0.25) is 0 Å². The Morgan fingerprint density at radius 1 is 1.24 bits per heavy atom. The van der Waals surface area contributed by atoms with Crippen molar-refractivity contribution in [3.63, 3.8) is 0 Å². The molecule has 0 fully saturated rings. The summed E-state index contributed by atoms with van der Waals surface area (Å²) >= 11 is 0. The Balaban J connectivity index is 2.60. The van der Waals surface area contributed by atoms with Gasteiger partial charge in [-0.2, -0.15) is 5.10 Å². The first-order valence-corrected chi connectivity index (χ1v) is 6.89. The average molecular weight is 237 g/mol. The Kier molecular flexibility index (Phi) is 5.69. The van der Waals surface area contributed by atoms with Gasteiger partial charge in [-0.3, -0.25) is 4.68 Å². The number of aryl methyl sites for hydroxylation is 2. The molecule has 1 atom stereocenters. The highest BCUT2D eigenvalue weighted by Gasteiger charge is 2.11. The number of nitrogens with one attached hydrogen (secondary N) is 1. The van der Waals surface area contributed by atoms with Crippen molar-refractivity contribution in [1.29, 1.82) is 0 Å². The third kappa shape index (κ3) is 4.15. The zero-order valence-electron chi connectivity index (χ0n) is 12.0. The van der Waals surface area contributed by atoms with Crippen LogP contribution in [0.3, 0.4) is 0 Å². The van der Waals surface area contributed by atoms with Crippen LogP contribution in [0.4, 0.5) is 0 Å². The van der Waals surface area contributed by atoms with Gasteiger partial charge in [0.05, 0.1) is 11.7 Å². The second-order valence-electron chi connectivity index (χ2n) is 5.03. The molecule has 98 valence electrons. The molecule has 0 aliphatic heterocycles. The molecule has 3 heteroatoms. The second-order valence-corrected chi connectivity index (χ2v) is 5.03. The fourth-order valence-corrected chi connectivity index (χ4v) is 2.01. The molecule has 0 aliphatic carbocycles. The van der Waals surface area contributed by atoms with E-state index in [0.29, 0.717) is 12.1 Å². The van der Waals surface area contributed by atoms with Gasteiger partial charge in [-0.05, 0) is 38.8 Å². The van der Waals surface area contributed by atoms with Crippen molar-refractivity contribution in [3.05, 3.63) is 17.5 Å². The van der Waals surface area contributed by atoms with Crippen LogP contribution in [0, 0.1) is 0 Å². The summed E-state index contributed by atoms with van der Waals surface area (Å²) in [6, 6.07) is 3.29. The average Bonchev–Trinajstić information content (AvgIpc) is 2.71. The Hall–Kier alpha value is -0.830. The topological polar surface area (TPSA) is 29.9 Å². The van der Waals surface area contributed by atoms with Gasteiger partial charge in [-0.1, -0.05) is 27.7 Å². The van der Waals surface area contributed by atoms with E-state index in [1.54, 1.807) is 0 Å². The van der Waals surface area contributed by atoms with E-state index in [2.05, 4.69) is 55.8 Å². The first-order valence-electron chi connectivity index (χ1n) is 6.89. The molecule has 17 heavy (non-hydrogen) atoms. The number of nitrogens with zero attached hydrogens (tertiary/aromatic N) is 2. The number of rotatable bonds is 7. The van der Waals surface area contributed by atoms with Gasteiger partial charge >= 0.3 is 0 Å². The SMILES string of the molecule is CCc1cc(CC)n(C(C)CCNC(C)C)n1. The first kappa shape index (κ1) is 14.2. The van der Waals surface area contributed by atoms with Gasteiger partial charge in [0.1, 0.15) is 0 Å². The lowest BCUT2D eigenvalue weighted by atomic mass is 10.2. The first-order chi connectivity index (χ1) is 8.08. The molecule has 0 bridgehead atoms. The molecule has 1 rings (SSSR count). The predicted octanol–water partition coefficient (Wildman–Crippen LogP) is 2.96. The van der Waals surface area contributed by atoms with E-state index in [9.17, 15) is 0 Å². The van der Waals surface area contributed by atoms with Gasteiger partial charge < -0.3 is 5.32 Å². The van der Waals surface area contributed by atoms with Crippen molar-refractivity contribution in [3.8, 4) is 0 Å². The van der Waals surface area contributed by atoms with E-state index in [4.69, 9.17) is 0 Å². The van der Waals surface area contributed by atoms with Crippen molar-refractivity contribution in [1.82, 2.24) is 15.1 Å². The van der Waals surface area contributed by atoms with Crippen molar-refractivity contribution in [2.45, 2.75) is 66.0 Å². The van der Waals surface area contributed by atoms with Gasteiger partial charge in [0.25, 0.3) is 0 Å². The van der Waals surface area contributed by atoms with Crippen molar-refractivity contribution < 1.29 is 0 Å². The molecular formula is C14H27N3. The maximum absolute atomic E-state index is 4.69. The van der Waals surface area contributed by atoms with Crippen LogP contribution in [0.15, 0.2) is 6.07 Å². The van der Waals surface area contributed by atoms with E-state index in [1.165, 1.54) is 11.4 Å². The highest BCUT2D eigenvalue weighted by Crippen LogP contribution is 2.15. The summed E-state index contributed by atoms with van der Waals surface area (Å²) in [7, 11) is 0. The molecule has 1 heterocycles. The molecule has 0 aromatic carbocycles. The van der Waals surface area contributed by atoms with E-state index in [1.807, 2.05) is 0 Å². The molecule has 1 aromatic rings. The van der Waals surface area contributed by atoms with Crippen LogP contribution in [0.1, 0.15) is 58.5 Å². The molecule has 1 N–H and O–H groups in total. The second kappa shape index (κ2) is 6.80. The van der Waals surface area contributed by atoms with Gasteiger partial charge in [0, 0.05) is 11.7 Å². The van der Waals surface area contributed by atoms with E-state index in [0.717, 1.165) is 25.8 Å². The number of hydrogen-bond donors (Lipinski definition) is 1. The zero-order chi connectivity index (χ0) is 12.8. The Bertz CT molecular complexity index is 328. The summed E-state index contributed by atoms with van der Waals surface area (Å²) in [5.74, 6) is 0. The number of aromatic nitrogens is 2. The molecule has 0 saturated heterocycles. The highest BCUT2D eigenvalue weighted by molar-refractivity contribution is 5.11. The minimum absolute atomic E-state index is 0.483. The lowest BCUT2D eigenvalue weighted by Gasteiger charge is -2.16. The third-order valence-corrected chi connectivity index (χ3v) is 3.12. The molecule has 1 aromatic heterocycles. The van der Waals surface area contributed by atoms with Crippen LogP contribution < -0.4 is 5.32 Å². The van der Waals surface area contributed by atoms with Crippen LogP contribution in [0.2, 0.25) is 0 Å². The molecule has 0 saturated carbocycles. The summed E-state index contributed by atoms with van der Waals surface area (Å²) in [4.78, 5) is 0. The molecule has 0 radical (unpaired) electrons. The van der Waals surface area contributed by atoms with Crippen LogP contribution in [0.25, 0.3) is 0 Å². The Morgan fingerprint density at radius 2 is 1.94 bits per heavy atom. The zero-order valence-corrected chi connectivity index (χ0v) is 12.0. The fourth-order valence-electron chi connectivity index (χ4n) is 2.01. The smallest absolute Gasteiger partial charge is 0.0624 e. The predicted molar refractivity (Wildman–Crippen MR) is 73.4 cm³/mol. The van der Waals surface area contributed by atoms with Crippen LogP contribution >= 0.6 is 0 Å². The third-order valence-electron chi connectivity index (χ3n) is 3.12. The van der Waals surface area contributed by atoms with Crippen molar-refractivity contribution in [2.75, 3.05) is 6.54 Å². The minimum atomic E-state index is 0.483. The summed E-state index contributed by atoms with van der Waals surface area (Å²) in [5, 5.41) is 8.15. The monoisotopic (exact) mass is 237 g/mol. The summed E-state index contributed by atoms with van der Waals surface area (Å²) in [6.07, 6.45) is 3.22. The highest BCUT2D eigenvalue weighted by atomic mass is 15.3. The van der Waals surface area contributed by atoms with Crippen molar-refractivity contribution >= 4 is 0 Å². The lowest BCUT2D eigenvalue weighted by molar-refractivity contribution is 0.420. The van der Waals surface area contributed by atoms with Crippen LogP contribution in [0.5, 0.6) is 0 Å². The van der Waals surface area contributed by atoms with Crippen LogP contribution in [-0.4, -0.2) is 22.4 Å².